The van der Waals surface area contributed by atoms with Crippen LogP contribution in [-0.2, 0) is 11.2 Å². The fraction of sp³-hybridized carbons (Fsp3) is 0.0588. The van der Waals surface area contributed by atoms with E-state index in [9.17, 15) is 4.79 Å². The van der Waals surface area contributed by atoms with Crippen LogP contribution in [0.2, 0.25) is 5.02 Å². The van der Waals surface area contributed by atoms with E-state index in [-0.39, 0.29) is 5.91 Å². The van der Waals surface area contributed by atoms with Crippen LogP contribution in [0.1, 0.15) is 5.56 Å². The van der Waals surface area contributed by atoms with Crippen LogP contribution in [0.3, 0.4) is 0 Å². The van der Waals surface area contributed by atoms with Gasteiger partial charge in [0, 0.05) is 23.3 Å². The summed E-state index contributed by atoms with van der Waals surface area (Å²) in [5.74, 6) is -0.0138. The smallest absolute Gasteiger partial charge is 0.228 e. The van der Waals surface area contributed by atoms with Crippen molar-refractivity contribution >= 4 is 34.0 Å². The number of pyridine rings is 1. The maximum Gasteiger partial charge on any atom is 0.228 e. The number of carbonyl (C=O) groups is 1. The molecule has 3 nitrogen and oxygen atoms in total. The quantitative estimate of drug-likeness (QED) is 0.735. The van der Waals surface area contributed by atoms with Crippen LogP contribution >= 0.6 is 11.6 Å². The van der Waals surface area contributed by atoms with Gasteiger partial charge in [0.25, 0.3) is 0 Å². The molecule has 3 aromatic rings. The van der Waals surface area contributed by atoms with Gasteiger partial charge in [0.1, 0.15) is 0 Å². The van der Waals surface area contributed by atoms with Crippen molar-refractivity contribution in [3.63, 3.8) is 0 Å². The molecule has 0 atom stereocenters. The van der Waals surface area contributed by atoms with Gasteiger partial charge >= 0.3 is 0 Å². The van der Waals surface area contributed by atoms with Gasteiger partial charge in [0.2, 0.25) is 5.91 Å². The molecule has 0 saturated heterocycles. The molecule has 4 rings (SSSR count). The maximum absolute atomic E-state index is 11.5. The van der Waals surface area contributed by atoms with Crippen molar-refractivity contribution in [1.82, 2.24) is 4.98 Å². The minimum atomic E-state index is -0.0138. The third-order valence-electron chi connectivity index (χ3n) is 3.77. The zero-order valence-electron chi connectivity index (χ0n) is 11.1. The van der Waals surface area contributed by atoms with Gasteiger partial charge in [-0.15, -0.1) is 0 Å². The maximum atomic E-state index is 11.5. The molecule has 102 valence electrons. The Hall–Kier alpha value is -2.39. The zero-order valence-corrected chi connectivity index (χ0v) is 11.8. The minimum Gasteiger partial charge on any atom is -0.324 e. The molecule has 0 fully saturated rings. The van der Waals surface area contributed by atoms with Crippen LogP contribution in [0.5, 0.6) is 0 Å². The number of hydrogen-bond donors (Lipinski definition) is 1. The predicted octanol–water partition coefficient (Wildman–Crippen LogP) is 4.05. The second-order valence-corrected chi connectivity index (χ2v) is 5.53. The van der Waals surface area contributed by atoms with E-state index >= 15 is 0 Å². The van der Waals surface area contributed by atoms with Crippen LogP contribution in [-0.4, -0.2) is 10.9 Å². The Morgan fingerprint density at radius 2 is 2.00 bits per heavy atom. The molecule has 1 aliphatic heterocycles. The Bertz CT molecular complexity index is 884. The highest BCUT2D eigenvalue weighted by molar-refractivity contribution is 6.35. The highest BCUT2D eigenvalue weighted by Crippen LogP contribution is 2.37. The third-order valence-corrected chi connectivity index (χ3v) is 4.06. The van der Waals surface area contributed by atoms with E-state index in [0.29, 0.717) is 11.4 Å². The van der Waals surface area contributed by atoms with E-state index in [1.54, 1.807) is 0 Å². The zero-order chi connectivity index (χ0) is 14.4. The van der Waals surface area contributed by atoms with Crippen LogP contribution in [0.4, 0.5) is 5.69 Å². The summed E-state index contributed by atoms with van der Waals surface area (Å²) in [5, 5.41) is 5.58. The number of nitrogens with one attached hydrogen (secondary N) is 1. The molecule has 4 heteroatoms. The summed E-state index contributed by atoms with van der Waals surface area (Å²) >= 11 is 6.31. The molecule has 2 aromatic carbocycles. The number of fused-ring (bicyclic) bond motifs is 2. The SMILES string of the molecule is O=C1Cc2cc(-c3cncc4ccccc34)cc(Cl)c2N1. The van der Waals surface area contributed by atoms with Crippen molar-refractivity contribution in [3.05, 3.63) is 59.4 Å². The fourth-order valence-electron chi connectivity index (χ4n) is 2.80. The lowest BCUT2D eigenvalue weighted by atomic mass is 9.98. The van der Waals surface area contributed by atoms with Crippen molar-refractivity contribution in [2.45, 2.75) is 6.42 Å². The first-order valence-electron chi connectivity index (χ1n) is 6.68. The summed E-state index contributed by atoms with van der Waals surface area (Å²) in [6, 6.07) is 12.0. The van der Waals surface area contributed by atoms with E-state index in [2.05, 4.69) is 16.4 Å². The molecule has 1 amide bonds. The molecule has 0 unspecified atom stereocenters. The van der Waals surface area contributed by atoms with Gasteiger partial charge in [-0.2, -0.15) is 0 Å². The van der Waals surface area contributed by atoms with Crippen LogP contribution < -0.4 is 5.32 Å². The third kappa shape index (κ3) is 1.98. The van der Waals surface area contributed by atoms with Gasteiger partial charge in [0.05, 0.1) is 17.1 Å². The van der Waals surface area contributed by atoms with Crippen molar-refractivity contribution in [2.24, 2.45) is 0 Å². The minimum absolute atomic E-state index is 0.0138. The van der Waals surface area contributed by atoms with E-state index < -0.39 is 0 Å². The number of nitrogens with zero attached hydrogens (tertiary/aromatic N) is 1. The Morgan fingerprint density at radius 3 is 2.90 bits per heavy atom. The second-order valence-electron chi connectivity index (χ2n) is 5.13. The van der Waals surface area contributed by atoms with Crippen molar-refractivity contribution in [3.8, 4) is 11.1 Å². The standard InChI is InChI=1S/C17H11ClN2O/c18-15-6-11(5-12-7-16(21)20-17(12)15)14-9-19-8-10-3-1-2-4-13(10)14/h1-6,8-9H,7H2,(H,20,21). The lowest BCUT2D eigenvalue weighted by Gasteiger charge is -2.09. The average Bonchev–Trinajstić information content (AvgIpc) is 2.87. The molecule has 1 aromatic heterocycles. The highest BCUT2D eigenvalue weighted by atomic mass is 35.5. The molecule has 0 saturated carbocycles. The van der Waals surface area contributed by atoms with Crippen LogP contribution in [0.15, 0.2) is 48.8 Å². The molecule has 0 spiro atoms. The summed E-state index contributed by atoms with van der Waals surface area (Å²) in [7, 11) is 0. The van der Waals surface area contributed by atoms with Crippen molar-refractivity contribution < 1.29 is 4.79 Å². The average molecular weight is 295 g/mol. The summed E-state index contributed by atoms with van der Waals surface area (Å²) in [6.45, 7) is 0. The molecule has 0 aliphatic carbocycles. The monoisotopic (exact) mass is 294 g/mol. The largest absolute Gasteiger partial charge is 0.324 e. The van der Waals surface area contributed by atoms with Crippen LogP contribution in [0, 0.1) is 0 Å². The number of halogens is 1. The van der Waals surface area contributed by atoms with Gasteiger partial charge in [-0.25, -0.2) is 0 Å². The first-order valence-corrected chi connectivity index (χ1v) is 7.05. The molecule has 0 radical (unpaired) electrons. The molecular weight excluding hydrogens is 284 g/mol. The molecular formula is C17H11ClN2O. The number of rotatable bonds is 1. The molecule has 0 bridgehead atoms. The lowest BCUT2D eigenvalue weighted by molar-refractivity contribution is -0.115. The second kappa shape index (κ2) is 4.57. The molecule has 21 heavy (non-hydrogen) atoms. The van der Waals surface area contributed by atoms with E-state index in [0.717, 1.165) is 33.2 Å². The summed E-state index contributed by atoms with van der Waals surface area (Å²) < 4.78 is 0. The molecule has 1 N–H and O–H groups in total. The molecule has 1 aliphatic rings. The first-order chi connectivity index (χ1) is 10.2. The topological polar surface area (TPSA) is 42.0 Å². The molecule has 2 heterocycles. The Labute approximate surface area is 126 Å². The predicted molar refractivity (Wildman–Crippen MR) is 84.5 cm³/mol. The van der Waals surface area contributed by atoms with Crippen molar-refractivity contribution in [1.29, 1.82) is 0 Å². The van der Waals surface area contributed by atoms with Gasteiger partial charge in [0.15, 0.2) is 0 Å². The number of carbonyl (C=O) groups excluding carboxylic acids is 1. The highest BCUT2D eigenvalue weighted by Gasteiger charge is 2.21. The summed E-state index contributed by atoms with van der Waals surface area (Å²) in [5.41, 5.74) is 3.69. The number of hydrogen-bond acceptors (Lipinski definition) is 2. The number of anilines is 1. The number of amides is 1. The van der Waals surface area contributed by atoms with Crippen LogP contribution in [0.25, 0.3) is 21.9 Å². The van der Waals surface area contributed by atoms with Gasteiger partial charge in [-0.1, -0.05) is 35.9 Å². The Balaban J connectivity index is 1.96. The Morgan fingerprint density at radius 1 is 1.14 bits per heavy atom. The van der Waals surface area contributed by atoms with E-state index in [1.807, 2.05) is 42.7 Å². The summed E-state index contributed by atoms with van der Waals surface area (Å²) in [6.07, 6.45) is 4.06. The van der Waals surface area contributed by atoms with E-state index in [1.165, 1.54) is 0 Å². The van der Waals surface area contributed by atoms with Gasteiger partial charge in [-0.3, -0.25) is 9.78 Å². The number of benzene rings is 2. The lowest BCUT2D eigenvalue weighted by Crippen LogP contribution is -2.03. The van der Waals surface area contributed by atoms with E-state index in [4.69, 9.17) is 11.6 Å². The van der Waals surface area contributed by atoms with Gasteiger partial charge in [-0.05, 0) is 28.6 Å². The van der Waals surface area contributed by atoms with Crippen molar-refractivity contribution in [2.75, 3.05) is 5.32 Å². The van der Waals surface area contributed by atoms with Gasteiger partial charge < -0.3 is 5.32 Å². The summed E-state index contributed by atoms with van der Waals surface area (Å²) in [4.78, 5) is 15.8. The number of aromatic nitrogens is 1. The fourth-order valence-corrected chi connectivity index (χ4v) is 3.09. The normalized spacial score (nSPS) is 13.3. The Kier molecular flexibility index (Phi) is 2.69. The first kappa shape index (κ1) is 12.4.